The van der Waals surface area contributed by atoms with Crippen LogP contribution in [-0.4, -0.2) is 12.3 Å². The lowest BCUT2D eigenvalue weighted by molar-refractivity contribution is 0.111. The molecule has 13 heavy (non-hydrogen) atoms. The van der Waals surface area contributed by atoms with Gasteiger partial charge in [-0.15, -0.1) is 0 Å². The highest BCUT2D eigenvalue weighted by atomic mass is 14.8. The molecule has 0 saturated heterocycles. The van der Waals surface area contributed by atoms with E-state index in [-0.39, 0.29) is 0 Å². The molecular weight excluding hydrogens is 158 g/mol. The van der Waals surface area contributed by atoms with Gasteiger partial charge in [0.15, 0.2) is 0 Å². The summed E-state index contributed by atoms with van der Waals surface area (Å²) < 4.78 is 0. The van der Waals surface area contributed by atoms with Gasteiger partial charge in [0.25, 0.3) is 0 Å². The third kappa shape index (κ3) is 2.32. The summed E-state index contributed by atoms with van der Waals surface area (Å²) in [5.41, 5.74) is 0.537. The smallest absolute Gasteiger partial charge is 0.0501 e. The summed E-state index contributed by atoms with van der Waals surface area (Å²) in [5.74, 6) is 0.876. The summed E-state index contributed by atoms with van der Waals surface area (Å²) in [6.45, 7) is 9.17. The minimum Gasteiger partial charge on any atom is -0.294 e. The van der Waals surface area contributed by atoms with Crippen molar-refractivity contribution in [1.82, 2.24) is 0 Å². The van der Waals surface area contributed by atoms with Crippen molar-refractivity contribution >= 4 is 6.21 Å². The summed E-state index contributed by atoms with van der Waals surface area (Å²) in [7, 11) is 0. The zero-order chi connectivity index (χ0) is 9.90. The molecule has 1 saturated carbocycles. The fourth-order valence-corrected chi connectivity index (χ4v) is 2.46. The van der Waals surface area contributed by atoms with Gasteiger partial charge in [-0.25, -0.2) is 0 Å². The van der Waals surface area contributed by atoms with Crippen LogP contribution in [0.15, 0.2) is 4.99 Å². The Balaban J connectivity index is 2.63. The molecule has 1 rings (SSSR count). The van der Waals surface area contributed by atoms with E-state index in [1.807, 2.05) is 13.1 Å². The van der Waals surface area contributed by atoms with Crippen LogP contribution >= 0.6 is 0 Å². The fraction of sp³-hybridized carbons (Fsp3) is 0.917. The molecule has 0 radical (unpaired) electrons. The van der Waals surface area contributed by atoms with Crippen LogP contribution in [0.5, 0.6) is 0 Å². The molecule has 1 heteroatoms. The van der Waals surface area contributed by atoms with Crippen LogP contribution < -0.4 is 0 Å². The number of rotatable bonds is 2. The van der Waals surface area contributed by atoms with Crippen molar-refractivity contribution in [3.8, 4) is 0 Å². The summed E-state index contributed by atoms with van der Waals surface area (Å²) in [4.78, 5) is 4.54. The van der Waals surface area contributed by atoms with E-state index < -0.39 is 0 Å². The van der Waals surface area contributed by atoms with Gasteiger partial charge in [0.1, 0.15) is 0 Å². The van der Waals surface area contributed by atoms with Gasteiger partial charge >= 0.3 is 0 Å². The van der Waals surface area contributed by atoms with Crippen molar-refractivity contribution in [2.75, 3.05) is 0 Å². The fourth-order valence-electron chi connectivity index (χ4n) is 2.46. The molecule has 1 nitrogen and oxygen atoms in total. The molecular formula is C12H23N. The number of hydrogen-bond donors (Lipinski definition) is 0. The van der Waals surface area contributed by atoms with Gasteiger partial charge in [-0.3, -0.25) is 4.99 Å². The molecule has 0 aromatic rings. The first kappa shape index (κ1) is 10.7. The average Bonchev–Trinajstić information content (AvgIpc) is 2.12. The molecule has 1 aliphatic rings. The van der Waals surface area contributed by atoms with E-state index >= 15 is 0 Å². The molecule has 0 amide bonds. The van der Waals surface area contributed by atoms with Crippen LogP contribution in [0.2, 0.25) is 0 Å². The second-order valence-electron chi connectivity index (χ2n) is 4.75. The van der Waals surface area contributed by atoms with Gasteiger partial charge in [0.05, 0.1) is 6.04 Å². The van der Waals surface area contributed by atoms with Gasteiger partial charge < -0.3 is 0 Å². The lowest BCUT2D eigenvalue weighted by atomic mass is 9.65. The van der Waals surface area contributed by atoms with E-state index in [4.69, 9.17) is 0 Å². The van der Waals surface area contributed by atoms with Crippen molar-refractivity contribution in [3.63, 3.8) is 0 Å². The van der Waals surface area contributed by atoms with E-state index in [0.717, 1.165) is 5.92 Å². The molecule has 2 unspecified atom stereocenters. The zero-order valence-corrected chi connectivity index (χ0v) is 9.51. The molecule has 0 heterocycles. The van der Waals surface area contributed by atoms with Crippen LogP contribution in [0.1, 0.15) is 53.4 Å². The van der Waals surface area contributed by atoms with Crippen molar-refractivity contribution in [2.24, 2.45) is 16.3 Å². The van der Waals surface area contributed by atoms with E-state index in [9.17, 15) is 0 Å². The van der Waals surface area contributed by atoms with Crippen molar-refractivity contribution in [1.29, 1.82) is 0 Å². The predicted molar refractivity (Wildman–Crippen MR) is 59.4 cm³/mol. The molecule has 3 atom stereocenters. The summed E-state index contributed by atoms with van der Waals surface area (Å²) >= 11 is 0. The summed E-state index contributed by atoms with van der Waals surface area (Å²) in [5, 5.41) is 0. The van der Waals surface area contributed by atoms with Crippen molar-refractivity contribution < 1.29 is 0 Å². The highest BCUT2D eigenvalue weighted by molar-refractivity contribution is 5.53. The number of hydrogen-bond acceptors (Lipinski definition) is 1. The van der Waals surface area contributed by atoms with Gasteiger partial charge in [0, 0.05) is 0 Å². The SMILES string of the molecule is CC=NC1CC[C@@H](C)C(C)(CC)C1. The molecule has 0 bridgehead atoms. The van der Waals surface area contributed by atoms with E-state index in [2.05, 4.69) is 25.8 Å². The van der Waals surface area contributed by atoms with E-state index in [1.54, 1.807) is 0 Å². The first-order chi connectivity index (χ1) is 6.12. The monoisotopic (exact) mass is 181 g/mol. The molecule has 0 spiro atoms. The Morgan fingerprint density at radius 3 is 2.69 bits per heavy atom. The largest absolute Gasteiger partial charge is 0.294 e. The standard InChI is InChI=1S/C12H23N/c1-5-12(4)9-11(13-6-2)8-7-10(12)3/h6,10-11H,5,7-9H2,1-4H3/t10-,11?,12?/m1/s1. The van der Waals surface area contributed by atoms with E-state index in [1.165, 1.54) is 25.7 Å². The molecule has 0 aromatic heterocycles. The second-order valence-corrected chi connectivity index (χ2v) is 4.75. The minimum atomic E-state index is 0.537. The quantitative estimate of drug-likeness (QED) is 0.576. The minimum absolute atomic E-state index is 0.537. The normalized spacial score (nSPS) is 41.2. The van der Waals surface area contributed by atoms with Crippen LogP contribution in [0.3, 0.4) is 0 Å². The first-order valence-corrected chi connectivity index (χ1v) is 5.60. The third-order valence-electron chi connectivity index (χ3n) is 3.99. The molecule has 1 fully saturated rings. The van der Waals surface area contributed by atoms with Crippen molar-refractivity contribution in [2.45, 2.75) is 59.4 Å². The second kappa shape index (κ2) is 4.26. The Hall–Kier alpha value is -0.330. The number of aliphatic imine (C=N–C) groups is 1. The molecule has 0 N–H and O–H groups in total. The van der Waals surface area contributed by atoms with Crippen LogP contribution in [-0.2, 0) is 0 Å². The lowest BCUT2D eigenvalue weighted by Gasteiger charge is -2.41. The van der Waals surface area contributed by atoms with Crippen molar-refractivity contribution in [3.05, 3.63) is 0 Å². The Labute approximate surface area is 82.6 Å². The van der Waals surface area contributed by atoms with Crippen LogP contribution in [0, 0.1) is 11.3 Å². The maximum Gasteiger partial charge on any atom is 0.0501 e. The maximum atomic E-state index is 4.54. The van der Waals surface area contributed by atoms with Crippen LogP contribution in [0.25, 0.3) is 0 Å². The number of nitrogens with zero attached hydrogens (tertiary/aromatic N) is 1. The van der Waals surface area contributed by atoms with E-state index in [0.29, 0.717) is 11.5 Å². The Morgan fingerprint density at radius 1 is 1.46 bits per heavy atom. The molecule has 0 aliphatic heterocycles. The maximum absolute atomic E-state index is 4.54. The Bertz CT molecular complexity index is 186. The van der Waals surface area contributed by atoms with Gasteiger partial charge in [0.2, 0.25) is 0 Å². The lowest BCUT2D eigenvalue weighted by Crippen LogP contribution is -2.34. The first-order valence-electron chi connectivity index (χ1n) is 5.60. The Kier molecular flexibility index (Phi) is 3.52. The van der Waals surface area contributed by atoms with Gasteiger partial charge in [-0.2, -0.15) is 0 Å². The molecule has 1 aliphatic carbocycles. The Morgan fingerprint density at radius 2 is 2.15 bits per heavy atom. The average molecular weight is 181 g/mol. The molecule has 0 aromatic carbocycles. The summed E-state index contributed by atoms with van der Waals surface area (Å²) in [6.07, 6.45) is 7.20. The highest BCUT2D eigenvalue weighted by Gasteiger charge is 2.35. The predicted octanol–water partition coefficient (Wildman–Crippen LogP) is 3.68. The highest BCUT2D eigenvalue weighted by Crippen LogP contribution is 2.44. The van der Waals surface area contributed by atoms with Gasteiger partial charge in [-0.1, -0.05) is 27.2 Å². The summed E-state index contributed by atoms with van der Waals surface area (Å²) in [6, 6.07) is 0.603. The molecule has 76 valence electrons. The topological polar surface area (TPSA) is 12.4 Å². The zero-order valence-electron chi connectivity index (χ0n) is 9.51. The van der Waals surface area contributed by atoms with Crippen LogP contribution in [0.4, 0.5) is 0 Å². The van der Waals surface area contributed by atoms with Gasteiger partial charge in [-0.05, 0) is 43.7 Å². The third-order valence-corrected chi connectivity index (χ3v) is 3.99.